The third kappa shape index (κ3) is 4.79. The first-order chi connectivity index (χ1) is 15.6. The van der Waals surface area contributed by atoms with E-state index in [9.17, 15) is 4.79 Å². The molecular formula is C25H25N3O3S. The van der Waals surface area contributed by atoms with Gasteiger partial charge in [0.2, 0.25) is 0 Å². The van der Waals surface area contributed by atoms with Crippen molar-refractivity contribution in [3.05, 3.63) is 76.2 Å². The number of hydrogen-bond donors (Lipinski definition) is 0. The lowest BCUT2D eigenvalue weighted by molar-refractivity contribution is 0.0685. The Morgan fingerprint density at radius 2 is 2.00 bits per heavy atom. The monoisotopic (exact) mass is 447 g/mol. The number of aromatic nitrogens is 2. The van der Waals surface area contributed by atoms with Gasteiger partial charge in [-0.3, -0.25) is 9.78 Å². The number of nitrogens with zero attached hydrogens (tertiary/aromatic N) is 3. The first-order valence-corrected chi connectivity index (χ1v) is 11.2. The van der Waals surface area contributed by atoms with Crippen molar-refractivity contribution in [1.29, 1.82) is 0 Å². The fourth-order valence-corrected chi connectivity index (χ4v) is 4.20. The molecule has 0 N–H and O–H groups in total. The number of aryl methyl sites for hydroxylation is 1. The molecule has 0 aliphatic rings. The summed E-state index contributed by atoms with van der Waals surface area (Å²) in [7, 11) is 3.29. The fraction of sp³-hybridized carbons (Fsp3) is 0.240. The maximum atomic E-state index is 13.2. The number of fused-ring (bicyclic) bond motifs is 1. The van der Waals surface area contributed by atoms with Crippen LogP contribution in [-0.4, -0.2) is 48.1 Å². The highest BCUT2D eigenvalue weighted by Crippen LogP contribution is 2.29. The second kappa shape index (κ2) is 9.89. The summed E-state index contributed by atoms with van der Waals surface area (Å²) < 4.78 is 10.7. The number of thiazole rings is 1. The van der Waals surface area contributed by atoms with Crippen LogP contribution in [0.5, 0.6) is 5.75 Å². The molecular weight excluding hydrogens is 422 g/mol. The average molecular weight is 448 g/mol. The van der Waals surface area contributed by atoms with Crippen LogP contribution in [0, 0.1) is 6.92 Å². The fourth-order valence-electron chi connectivity index (χ4n) is 3.62. The Balaban J connectivity index is 1.81. The Morgan fingerprint density at radius 1 is 1.12 bits per heavy atom. The molecule has 1 amide bonds. The highest BCUT2D eigenvalue weighted by atomic mass is 32.1. The van der Waals surface area contributed by atoms with E-state index < -0.39 is 0 Å². The van der Waals surface area contributed by atoms with Gasteiger partial charge < -0.3 is 14.4 Å². The van der Waals surface area contributed by atoms with Crippen LogP contribution < -0.4 is 4.74 Å². The van der Waals surface area contributed by atoms with Gasteiger partial charge >= 0.3 is 0 Å². The molecule has 0 bridgehead atoms. The molecule has 0 saturated carbocycles. The molecule has 0 fully saturated rings. The van der Waals surface area contributed by atoms with Crippen molar-refractivity contribution in [2.24, 2.45) is 0 Å². The lowest BCUT2D eigenvalue weighted by atomic mass is 10.0. The normalized spacial score (nSPS) is 11.0. The third-order valence-electron chi connectivity index (χ3n) is 5.25. The van der Waals surface area contributed by atoms with E-state index in [1.807, 2.05) is 24.3 Å². The van der Waals surface area contributed by atoms with E-state index in [4.69, 9.17) is 14.5 Å². The zero-order valence-corrected chi connectivity index (χ0v) is 19.2. The van der Waals surface area contributed by atoms with Crippen molar-refractivity contribution in [3.63, 3.8) is 0 Å². The van der Waals surface area contributed by atoms with Gasteiger partial charge in [-0.2, -0.15) is 0 Å². The molecule has 0 saturated heterocycles. The zero-order chi connectivity index (χ0) is 22.5. The van der Waals surface area contributed by atoms with E-state index in [2.05, 4.69) is 36.2 Å². The highest BCUT2D eigenvalue weighted by Gasteiger charge is 2.20. The van der Waals surface area contributed by atoms with Crippen molar-refractivity contribution in [1.82, 2.24) is 14.9 Å². The van der Waals surface area contributed by atoms with Crippen molar-refractivity contribution in [2.45, 2.75) is 13.5 Å². The van der Waals surface area contributed by atoms with Crippen molar-refractivity contribution < 1.29 is 14.3 Å². The molecule has 32 heavy (non-hydrogen) atoms. The Morgan fingerprint density at radius 3 is 2.72 bits per heavy atom. The molecule has 4 rings (SSSR count). The maximum Gasteiger partial charge on any atom is 0.265 e. The number of carbonyl (C=O) groups excluding carboxylic acids is 1. The molecule has 164 valence electrons. The van der Waals surface area contributed by atoms with E-state index in [1.54, 1.807) is 30.8 Å². The quantitative estimate of drug-likeness (QED) is 0.382. The molecule has 0 aliphatic heterocycles. The molecule has 4 aromatic rings. The molecule has 2 heterocycles. The van der Waals surface area contributed by atoms with E-state index in [-0.39, 0.29) is 5.91 Å². The Labute approximate surface area is 191 Å². The Kier molecular flexibility index (Phi) is 6.78. The smallest absolute Gasteiger partial charge is 0.265 e. The van der Waals surface area contributed by atoms with E-state index in [0.29, 0.717) is 24.6 Å². The average Bonchev–Trinajstić information content (AvgIpc) is 3.35. The van der Waals surface area contributed by atoms with Crippen LogP contribution in [0.3, 0.4) is 0 Å². The van der Waals surface area contributed by atoms with Crippen LogP contribution in [0.15, 0.2) is 60.2 Å². The first kappa shape index (κ1) is 21.9. The lowest BCUT2D eigenvalue weighted by Gasteiger charge is -2.23. The number of hydrogen-bond acceptors (Lipinski definition) is 6. The molecule has 0 spiro atoms. The summed E-state index contributed by atoms with van der Waals surface area (Å²) >= 11 is 1.34. The van der Waals surface area contributed by atoms with Gasteiger partial charge in [0.05, 0.1) is 36.6 Å². The molecule has 2 aromatic carbocycles. The van der Waals surface area contributed by atoms with Crippen LogP contribution in [0.2, 0.25) is 0 Å². The van der Waals surface area contributed by atoms with Crippen LogP contribution in [0.25, 0.3) is 22.2 Å². The van der Waals surface area contributed by atoms with Gasteiger partial charge in [0, 0.05) is 37.2 Å². The number of benzene rings is 2. The van der Waals surface area contributed by atoms with Gasteiger partial charge in [-0.1, -0.05) is 23.8 Å². The Hall–Kier alpha value is -3.29. The van der Waals surface area contributed by atoms with Gasteiger partial charge in [0.15, 0.2) is 0 Å². The minimum Gasteiger partial charge on any atom is -0.497 e. The van der Waals surface area contributed by atoms with Gasteiger partial charge in [-0.05, 0) is 36.8 Å². The summed E-state index contributed by atoms with van der Waals surface area (Å²) in [5, 5.41) is 0.995. The lowest BCUT2D eigenvalue weighted by Crippen LogP contribution is -2.33. The van der Waals surface area contributed by atoms with Gasteiger partial charge in [0.1, 0.15) is 10.6 Å². The molecule has 0 radical (unpaired) electrons. The second-order valence-corrected chi connectivity index (χ2v) is 8.40. The van der Waals surface area contributed by atoms with Gasteiger partial charge in [-0.25, -0.2) is 4.98 Å². The van der Waals surface area contributed by atoms with E-state index >= 15 is 0 Å². The summed E-state index contributed by atoms with van der Waals surface area (Å²) in [5.41, 5.74) is 6.52. The molecule has 0 atom stereocenters. The molecule has 0 unspecified atom stereocenters. The zero-order valence-electron chi connectivity index (χ0n) is 18.4. The predicted octanol–water partition coefficient (Wildman–Crippen LogP) is 4.96. The standard InChI is InChI=1S/C25H25N3O3S/c1-17-5-4-6-19(11-17)24-20(12-18-7-8-21(31-3)13-22(18)27-24)15-28(9-10-30-2)25(29)23-14-26-16-32-23/h4-8,11-14,16H,9-10,15H2,1-3H3. The number of pyridine rings is 1. The summed E-state index contributed by atoms with van der Waals surface area (Å²) in [6.45, 7) is 3.40. The molecule has 7 heteroatoms. The number of rotatable bonds is 8. The van der Waals surface area contributed by atoms with E-state index in [0.717, 1.165) is 39.0 Å². The number of ether oxygens (including phenoxy) is 2. The minimum atomic E-state index is -0.0606. The Bertz CT molecular complexity index is 1220. The number of carbonyl (C=O) groups is 1. The summed E-state index contributed by atoms with van der Waals surface area (Å²) in [4.78, 5) is 24.6. The topological polar surface area (TPSA) is 64.6 Å². The van der Waals surface area contributed by atoms with Crippen LogP contribution in [-0.2, 0) is 11.3 Å². The first-order valence-electron chi connectivity index (χ1n) is 10.3. The molecule has 6 nitrogen and oxygen atoms in total. The van der Waals surface area contributed by atoms with Crippen molar-refractivity contribution in [2.75, 3.05) is 27.4 Å². The summed E-state index contributed by atoms with van der Waals surface area (Å²) in [5.74, 6) is 0.699. The minimum absolute atomic E-state index is 0.0606. The van der Waals surface area contributed by atoms with Crippen molar-refractivity contribution in [3.8, 4) is 17.0 Å². The second-order valence-electron chi connectivity index (χ2n) is 7.51. The predicted molar refractivity (Wildman–Crippen MR) is 127 cm³/mol. The van der Waals surface area contributed by atoms with Gasteiger partial charge in [0.25, 0.3) is 5.91 Å². The molecule has 2 aromatic heterocycles. The maximum absolute atomic E-state index is 13.2. The van der Waals surface area contributed by atoms with Gasteiger partial charge in [-0.15, -0.1) is 11.3 Å². The van der Waals surface area contributed by atoms with Crippen LogP contribution in [0.4, 0.5) is 0 Å². The van der Waals surface area contributed by atoms with E-state index in [1.165, 1.54) is 11.3 Å². The highest BCUT2D eigenvalue weighted by molar-refractivity contribution is 7.11. The largest absolute Gasteiger partial charge is 0.497 e. The summed E-state index contributed by atoms with van der Waals surface area (Å²) in [6.07, 6.45) is 1.61. The number of methoxy groups -OCH3 is 2. The third-order valence-corrected chi connectivity index (χ3v) is 6.01. The SMILES string of the molecule is COCCN(Cc1cc2ccc(OC)cc2nc1-c1cccc(C)c1)C(=O)c1cncs1. The van der Waals surface area contributed by atoms with Crippen LogP contribution >= 0.6 is 11.3 Å². The summed E-state index contributed by atoms with van der Waals surface area (Å²) in [6, 6.07) is 16.2. The van der Waals surface area contributed by atoms with Crippen molar-refractivity contribution >= 4 is 28.1 Å². The van der Waals surface area contributed by atoms with Crippen LogP contribution in [0.1, 0.15) is 20.8 Å². The number of amides is 1. The molecule has 0 aliphatic carbocycles.